The highest BCUT2D eigenvalue weighted by atomic mass is 32.2. The summed E-state index contributed by atoms with van der Waals surface area (Å²) in [6, 6.07) is 16.4. The van der Waals surface area contributed by atoms with Gasteiger partial charge in [0.2, 0.25) is 15.9 Å². The summed E-state index contributed by atoms with van der Waals surface area (Å²) in [4.78, 5) is 15.5. The Morgan fingerprint density at radius 2 is 1.66 bits per heavy atom. The van der Waals surface area contributed by atoms with E-state index in [4.69, 9.17) is 0 Å². The Labute approximate surface area is 172 Å². The van der Waals surface area contributed by atoms with Crippen LogP contribution in [0.5, 0.6) is 0 Å². The third kappa shape index (κ3) is 3.82. The minimum Gasteiger partial charge on any atom is -0.325 e. The Balaban J connectivity index is 1.54. The number of rotatable bonds is 5. The van der Waals surface area contributed by atoms with Crippen molar-refractivity contribution in [2.75, 3.05) is 38.5 Å². The number of anilines is 1. The van der Waals surface area contributed by atoms with Crippen molar-refractivity contribution in [3.05, 3.63) is 60.2 Å². The Hall–Kier alpha value is -2.22. The highest BCUT2D eigenvalue weighted by Gasteiger charge is 2.45. The number of amides is 1. The van der Waals surface area contributed by atoms with Gasteiger partial charge < -0.3 is 10.2 Å². The van der Waals surface area contributed by atoms with Crippen molar-refractivity contribution in [2.45, 2.75) is 29.6 Å². The van der Waals surface area contributed by atoms with Crippen LogP contribution < -0.4 is 5.32 Å². The van der Waals surface area contributed by atoms with Crippen molar-refractivity contribution >= 4 is 21.6 Å². The first-order valence-corrected chi connectivity index (χ1v) is 11.5. The summed E-state index contributed by atoms with van der Waals surface area (Å²) in [5, 5.41) is 2.98. The van der Waals surface area contributed by atoms with Gasteiger partial charge >= 0.3 is 0 Å². The van der Waals surface area contributed by atoms with Gasteiger partial charge in [0.15, 0.2) is 0 Å². The van der Waals surface area contributed by atoms with Gasteiger partial charge in [0.1, 0.15) is 0 Å². The quantitative estimate of drug-likeness (QED) is 0.818. The predicted octanol–water partition coefficient (Wildman–Crippen LogP) is 2.68. The maximum atomic E-state index is 13.1. The van der Waals surface area contributed by atoms with Crippen LogP contribution in [0.1, 0.15) is 24.8 Å². The Bertz CT molecular complexity index is 979. The molecule has 7 heteroatoms. The first-order chi connectivity index (χ1) is 13.9. The van der Waals surface area contributed by atoms with E-state index < -0.39 is 15.4 Å². The van der Waals surface area contributed by atoms with Crippen molar-refractivity contribution in [2.24, 2.45) is 0 Å². The van der Waals surface area contributed by atoms with Crippen molar-refractivity contribution in [3.8, 4) is 0 Å². The zero-order chi connectivity index (χ0) is 20.5. The SMILES string of the molecule is CN1CCN(S(=O)(=O)c2cccc(NC(=O)C3(c4ccccc4)CCC3)c2)CC1. The molecule has 29 heavy (non-hydrogen) atoms. The molecule has 1 heterocycles. The van der Waals surface area contributed by atoms with Crippen LogP contribution in [0.2, 0.25) is 0 Å². The highest BCUT2D eigenvalue weighted by molar-refractivity contribution is 7.89. The zero-order valence-electron chi connectivity index (χ0n) is 16.7. The van der Waals surface area contributed by atoms with Crippen LogP contribution in [0.4, 0.5) is 5.69 Å². The topological polar surface area (TPSA) is 69.7 Å². The Morgan fingerprint density at radius 3 is 2.28 bits per heavy atom. The molecule has 1 aliphatic heterocycles. The van der Waals surface area contributed by atoms with Crippen LogP contribution in [0.3, 0.4) is 0 Å². The van der Waals surface area contributed by atoms with E-state index in [-0.39, 0.29) is 10.8 Å². The average Bonchev–Trinajstić information content (AvgIpc) is 2.68. The predicted molar refractivity (Wildman–Crippen MR) is 113 cm³/mol. The average molecular weight is 414 g/mol. The summed E-state index contributed by atoms with van der Waals surface area (Å²) in [7, 11) is -1.58. The number of nitrogens with one attached hydrogen (secondary N) is 1. The second-order valence-electron chi connectivity index (χ2n) is 7.99. The van der Waals surface area contributed by atoms with E-state index in [0.717, 1.165) is 37.9 Å². The number of benzene rings is 2. The minimum absolute atomic E-state index is 0.0657. The van der Waals surface area contributed by atoms with Gasteiger partial charge in [-0.15, -0.1) is 0 Å². The minimum atomic E-state index is -3.57. The molecule has 154 valence electrons. The molecular weight excluding hydrogens is 386 g/mol. The molecule has 2 aromatic carbocycles. The Kier molecular flexibility index (Phi) is 5.46. The molecule has 1 saturated heterocycles. The zero-order valence-corrected chi connectivity index (χ0v) is 17.5. The van der Waals surface area contributed by atoms with Gasteiger partial charge in [0.25, 0.3) is 0 Å². The van der Waals surface area contributed by atoms with E-state index in [9.17, 15) is 13.2 Å². The van der Waals surface area contributed by atoms with E-state index in [1.807, 2.05) is 37.4 Å². The molecule has 0 radical (unpaired) electrons. The second-order valence-corrected chi connectivity index (χ2v) is 9.93. The molecule has 1 saturated carbocycles. The third-order valence-electron chi connectivity index (χ3n) is 6.16. The molecule has 2 aromatic rings. The Morgan fingerprint density at radius 1 is 0.966 bits per heavy atom. The number of carbonyl (C=O) groups is 1. The monoisotopic (exact) mass is 413 g/mol. The maximum Gasteiger partial charge on any atom is 0.243 e. The van der Waals surface area contributed by atoms with Crippen molar-refractivity contribution in [1.29, 1.82) is 0 Å². The van der Waals surface area contributed by atoms with Crippen LogP contribution in [-0.4, -0.2) is 56.8 Å². The summed E-state index contributed by atoms with van der Waals surface area (Å²) in [5.41, 5.74) is 1.02. The molecule has 1 N–H and O–H groups in total. The molecule has 0 atom stereocenters. The summed E-state index contributed by atoms with van der Waals surface area (Å²) in [6.07, 6.45) is 2.63. The van der Waals surface area contributed by atoms with E-state index in [2.05, 4.69) is 10.2 Å². The lowest BCUT2D eigenvalue weighted by Gasteiger charge is -2.40. The maximum absolute atomic E-state index is 13.1. The van der Waals surface area contributed by atoms with E-state index >= 15 is 0 Å². The first kappa shape index (κ1) is 20.1. The molecular formula is C22H27N3O3S. The molecule has 6 nitrogen and oxygen atoms in total. The summed E-state index contributed by atoms with van der Waals surface area (Å²) < 4.78 is 27.5. The van der Waals surface area contributed by atoms with Gasteiger partial charge in [0, 0.05) is 31.9 Å². The van der Waals surface area contributed by atoms with Gasteiger partial charge in [-0.1, -0.05) is 42.8 Å². The molecule has 0 aromatic heterocycles. The number of piperazine rings is 1. The summed E-state index contributed by atoms with van der Waals surface area (Å²) in [5.74, 6) is -0.0657. The van der Waals surface area contributed by atoms with Gasteiger partial charge in [-0.2, -0.15) is 4.31 Å². The molecule has 0 unspecified atom stereocenters. The van der Waals surface area contributed by atoms with Gasteiger partial charge in [-0.3, -0.25) is 4.79 Å². The molecule has 4 rings (SSSR count). The number of hydrogen-bond donors (Lipinski definition) is 1. The van der Waals surface area contributed by atoms with Crippen LogP contribution in [0, 0.1) is 0 Å². The van der Waals surface area contributed by atoms with E-state index in [1.54, 1.807) is 24.3 Å². The fourth-order valence-corrected chi connectivity index (χ4v) is 5.57. The third-order valence-corrected chi connectivity index (χ3v) is 8.05. The van der Waals surface area contributed by atoms with Gasteiger partial charge in [-0.25, -0.2) is 8.42 Å². The molecule has 1 amide bonds. The standard InChI is InChI=1S/C22H27N3O3S/c1-24-13-15-25(16-14-24)29(27,28)20-10-5-9-19(17-20)23-21(26)22(11-6-12-22)18-7-3-2-4-8-18/h2-5,7-10,17H,6,11-16H2,1H3,(H,23,26). The summed E-state index contributed by atoms with van der Waals surface area (Å²) in [6.45, 7) is 2.39. The molecule has 0 bridgehead atoms. The summed E-state index contributed by atoms with van der Waals surface area (Å²) >= 11 is 0. The second kappa shape index (κ2) is 7.89. The molecule has 2 aliphatic rings. The largest absolute Gasteiger partial charge is 0.325 e. The smallest absolute Gasteiger partial charge is 0.243 e. The normalized spacial score (nSPS) is 20.0. The lowest BCUT2D eigenvalue weighted by molar-refractivity contribution is -0.124. The fraction of sp³-hybridized carbons (Fsp3) is 0.409. The van der Waals surface area contributed by atoms with Crippen LogP contribution in [-0.2, 0) is 20.2 Å². The highest BCUT2D eigenvalue weighted by Crippen LogP contribution is 2.44. The van der Waals surface area contributed by atoms with Crippen LogP contribution in [0.25, 0.3) is 0 Å². The van der Waals surface area contributed by atoms with Crippen LogP contribution >= 0.6 is 0 Å². The number of sulfonamides is 1. The number of hydrogen-bond acceptors (Lipinski definition) is 4. The lowest BCUT2D eigenvalue weighted by atomic mass is 9.64. The number of likely N-dealkylation sites (N-methyl/N-ethyl adjacent to an activating group) is 1. The van der Waals surface area contributed by atoms with Crippen molar-refractivity contribution < 1.29 is 13.2 Å². The first-order valence-electron chi connectivity index (χ1n) is 10.1. The van der Waals surface area contributed by atoms with E-state index in [0.29, 0.717) is 18.8 Å². The van der Waals surface area contributed by atoms with Gasteiger partial charge in [0.05, 0.1) is 10.3 Å². The number of nitrogens with zero attached hydrogens (tertiary/aromatic N) is 2. The van der Waals surface area contributed by atoms with E-state index in [1.165, 1.54) is 4.31 Å². The van der Waals surface area contributed by atoms with Crippen molar-refractivity contribution in [1.82, 2.24) is 9.21 Å². The molecule has 1 aliphatic carbocycles. The van der Waals surface area contributed by atoms with Crippen molar-refractivity contribution in [3.63, 3.8) is 0 Å². The fourth-order valence-electron chi connectivity index (χ4n) is 4.10. The molecule has 2 fully saturated rings. The number of carbonyl (C=O) groups excluding carboxylic acids is 1. The van der Waals surface area contributed by atoms with Crippen LogP contribution in [0.15, 0.2) is 59.5 Å². The lowest BCUT2D eigenvalue weighted by Crippen LogP contribution is -2.47. The van der Waals surface area contributed by atoms with Gasteiger partial charge in [-0.05, 0) is 43.7 Å². The molecule has 0 spiro atoms.